The summed E-state index contributed by atoms with van der Waals surface area (Å²) in [5.41, 5.74) is 2.98. The predicted molar refractivity (Wildman–Crippen MR) is 110 cm³/mol. The highest BCUT2D eigenvalue weighted by Gasteiger charge is 2.24. The summed E-state index contributed by atoms with van der Waals surface area (Å²) < 4.78 is 31.8. The predicted octanol–water partition coefficient (Wildman–Crippen LogP) is 2.45. The molecule has 1 aliphatic rings. The second-order valence-electron chi connectivity index (χ2n) is 6.71. The van der Waals surface area contributed by atoms with Gasteiger partial charge in [0, 0.05) is 29.6 Å². The topological polar surface area (TPSA) is 103 Å². The monoisotopic (exact) mass is 432 g/mol. The number of ether oxygens (including phenoxy) is 1. The molecular formula is C19H20N4O4S2. The van der Waals surface area contributed by atoms with Crippen molar-refractivity contribution in [1.29, 1.82) is 0 Å². The van der Waals surface area contributed by atoms with Crippen molar-refractivity contribution in [3.8, 4) is 17.0 Å². The van der Waals surface area contributed by atoms with Crippen molar-refractivity contribution in [1.82, 2.24) is 14.8 Å². The number of anilines is 1. The fraction of sp³-hybridized carbons (Fsp3) is 0.316. The van der Waals surface area contributed by atoms with Crippen LogP contribution in [0.3, 0.4) is 0 Å². The number of aromatic nitrogens is 3. The molecule has 1 aliphatic carbocycles. The Bertz CT molecular complexity index is 1160. The van der Waals surface area contributed by atoms with Gasteiger partial charge in [0.1, 0.15) is 5.75 Å². The second-order valence-corrected chi connectivity index (χ2v) is 9.90. The molecule has 0 unspecified atom stereocenters. The van der Waals surface area contributed by atoms with E-state index in [1.807, 2.05) is 11.7 Å². The van der Waals surface area contributed by atoms with Gasteiger partial charge in [0.15, 0.2) is 15.0 Å². The first kappa shape index (κ1) is 19.6. The lowest BCUT2D eigenvalue weighted by atomic mass is 10.0. The number of amides is 1. The van der Waals surface area contributed by atoms with E-state index in [0.717, 1.165) is 34.7 Å². The van der Waals surface area contributed by atoms with Crippen LogP contribution in [0.1, 0.15) is 17.0 Å². The number of nitrogens with zero attached hydrogens (tertiary/aromatic N) is 3. The second kappa shape index (κ2) is 7.60. The molecule has 0 aliphatic heterocycles. The molecule has 4 rings (SSSR count). The molecule has 0 saturated heterocycles. The molecule has 1 aromatic carbocycles. The van der Waals surface area contributed by atoms with Gasteiger partial charge >= 0.3 is 0 Å². The molecule has 10 heteroatoms. The molecule has 3 aromatic rings. The van der Waals surface area contributed by atoms with E-state index in [1.165, 1.54) is 30.6 Å². The van der Waals surface area contributed by atoms with Gasteiger partial charge in [-0.15, -0.1) is 11.3 Å². The van der Waals surface area contributed by atoms with Crippen LogP contribution in [0.5, 0.6) is 5.75 Å². The summed E-state index contributed by atoms with van der Waals surface area (Å²) in [6.45, 7) is 0. The van der Waals surface area contributed by atoms with E-state index in [4.69, 9.17) is 4.74 Å². The number of nitrogens with one attached hydrogen (secondary N) is 1. The number of methoxy groups -OCH3 is 1. The summed E-state index contributed by atoms with van der Waals surface area (Å²) >= 11 is 1.43. The van der Waals surface area contributed by atoms with Gasteiger partial charge in [0.25, 0.3) is 0 Å². The van der Waals surface area contributed by atoms with Gasteiger partial charge in [0.05, 0.1) is 29.6 Å². The number of carbonyl (C=O) groups excluding carboxylic acids is 1. The van der Waals surface area contributed by atoms with Gasteiger partial charge in [-0.1, -0.05) is 0 Å². The van der Waals surface area contributed by atoms with E-state index in [0.29, 0.717) is 10.9 Å². The minimum absolute atomic E-state index is 0.142. The van der Waals surface area contributed by atoms with Gasteiger partial charge in [-0.3, -0.25) is 9.48 Å². The lowest BCUT2D eigenvalue weighted by Crippen LogP contribution is -2.17. The SMILES string of the molecule is COc1ccc(S(=O)(=O)CCC(=O)Nc2nc3c(s2)CCc2c-3cnn2C)cc1. The van der Waals surface area contributed by atoms with Crippen molar-refractivity contribution in [2.75, 3.05) is 18.2 Å². The first-order chi connectivity index (χ1) is 13.9. The quantitative estimate of drug-likeness (QED) is 0.642. The highest BCUT2D eigenvalue weighted by atomic mass is 32.2. The van der Waals surface area contributed by atoms with Gasteiger partial charge < -0.3 is 10.1 Å². The van der Waals surface area contributed by atoms with Gasteiger partial charge in [-0.2, -0.15) is 5.10 Å². The van der Waals surface area contributed by atoms with Crippen LogP contribution < -0.4 is 10.1 Å². The number of thiazole rings is 1. The summed E-state index contributed by atoms with van der Waals surface area (Å²) in [5.74, 6) is -0.0750. The Labute approximate surface area is 172 Å². The van der Waals surface area contributed by atoms with Crippen LogP contribution >= 0.6 is 11.3 Å². The van der Waals surface area contributed by atoms with Crippen molar-refractivity contribution in [3.05, 3.63) is 41.0 Å². The summed E-state index contributed by atoms with van der Waals surface area (Å²) in [7, 11) is -0.138. The van der Waals surface area contributed by atoms with Crippen molar-refractivity contribution >= 4 is 32.2 Å². The zero-order valence-corrected chi connectivity index (χ0v) is 17.6. The molecule has 2 heterocycles. The Morgan fingerprint density at radius 3 is 2.76 bits per heavy atom. The van der Waals surface area contributed by atoms with Crippen LogP contribution in [0.4, 0.5) is 5.13 Å². The molecule has 2 aromatic heterocycles. The van der Waals surface area contributed by atoms with Gasteiger partial charge in [-0.25, -0.2) is 13.4 Å². The van der Waals surface area contributed by atoms with E-state index in [-0.39, 0.29) is 23.0 Å². The molecule has 0 bridgehead atoms. The number of hydrogen-bond donors (Lipinski definition) is 1. The Kier molecular flexibility index (Phi) is 5.13. The third kappa shape index (κ3) is 3.90. The fourth-order valence-electron chi connectivity index (χ4n) is 3.28. The highest BCUT2D eigenvalue weighted by molar-refractivity contribution is 7.91. The van der Waals surface area contributed by atoms with Crippen LogP contribution in [-0.4, -0.2) is 42.0 Å². The summed E-state index contributed by atoms with van der Waals surface area (Å²) in [4.78, 5) is 18.1. The number of fused-ring (bicyclic) bond motifs is 3. The number of sulfone groups is 1. The molecular weight excluding hydrogens is 412 g/mol. The van der Waals surface area contributed by atoms with Crippen LogP contribution in [0.2, 0.25) is 0 Å². The lowest BCUT2D eigenvalue weighted by Gasteiger charge is -2.10. The number of rotatable bonds is 6. The normalized spacial score (nSPS) is 12.9. The van der Waals surface area contributed by atoms with E-state index < -0.39 is 9.84 Å². The largest absolute Gasteiger partial charge is 0.497 e. The first-order valence-corrected chi connectivity index (χ1v) is 11.5. The molecule has 152 valence electrons. The van der Waals surface area contributed by atoms with Crippen LogP contribution in [0.15, 0.2) is 35.4 Å². The minimum atomic E-state index is -3.56. The number of benzene rings is 1. The average Bonchev–Trinajstić information content (AvgIpc) is 3.29. The molecule has 0 saturated carbocycles. The number of hydrogen-bond acceptors (Lipinski definition) is 7. The van der Waals surface area contributed by atoms with Crippen LogP contribution in [0, 0.1) is 0 Å². The number of carbonyl (C=O) groups is 1. The molecule has 1 amide bonds. The van der Waals surface area contributed by atoms with Crippen molar-refractivity contribution in [3.63, 3.8) is 0 Å². The van der Waals surface area contributed by atoms with Crippen molar-refractivity contribution in [2.24, 2.45) is 7.05 Å². The molecule has 1 N–H and O–H groups in total. The third-order valence-corrected chi connectivity index (χ3v) is 7.63. The first-order valence-electron chi connectivity index (χ1n) is 9.05. The van der Waals surface area contributed by atoms with E-state index >= 15 is 0 Å². The molecule has 0 spiro atoms. The van der Waals surface area contributed by atoms with E-state index in [9.17, 15) is 13.2 Å². The zero-order chi connectivity index (χ0) is 20.6. The number of aryl methyl sites for hydroxylation is 2. The zero-order valence-electron chi connectivity index (χ0n) is 16.0. The standard InChI is InChI=1S/C19H20N4O4S2/c1-23-15-7-8-16-18(14(15)11-20-23)22-19(28-16)21-17(24)9-10-29(25,26)13-5-3-12(27-2)4-6-13/h3-6,11H,7-10H2,1-2H3,(H,21,22,24). The van der Waals surface area contributed by atoms with Crippen molar-refractivity contribution in [2.45, 2.75) is 24.2 Å². The van der Waals surface area contributed by atoms with E-state index in [1.54, 1.807) is 18.3 Å². The molecule has 0 fully saturated rings. The smallest absolute Gasteiger partial charge is 0.227 e. The Morgan fingerprint density at radius 1 is 1.28 bits per heavy atom. The molecule has 0 atom stereocenters. The highest BCUT2D eigenvalue weighted by Crippen LogP contribution is 2.37. The molecule has 0 radical (unpaired) electrons. The molecule has 29 heavy (non-hydrogen) atoms. The fourth-order valence-corrected chi connectivity index (χ4v) is 5.52. The Morgan fingerprint density at radius 2 is 2.03 bits per heavy atom. The maximum Gasteiger partial charge on any atom is 0.227 e. The van der Waals surface area contributed by atoms with Gasteiger partial charge in [-0.05, 0) is 37.1 Å². The Balaban J connectivity index is 1.41. The van der Waals surface area contributed by atoms with Crippen molar-refractivity contribution < 1.29 is 17.9 Å². The van der Waals surface area contributed by atoms with Gasteiger partial charge in [0.2, 0.25) is 5.91 Å². The molecule has 8 nitrogen and oxygen atoms in total. The summed E-state index contributed by atoms with van der Waals surface area (Å²) in [6.07, 6.45) is 3.38. The van der Waals surface area contributed by atoms with E-state index in [2.05, 4.69) is 15.4 Å². The average molecular weight is 433 g/mol. The maximum absolute atomic E-state index is 12.4. The van der Waals surface area contributed by atoms with Crippen LogP contribution in [-0.2, 0) is 34.5 Å². The summed E-state index contributed by atoms with van der Waals surface area (Å²) in [5, 5.41) is 7.50. The Hall–Kier alpha value is -2.72. The van der Waals surface area contributed by atoms with Crippen LogP contribution in [0.25, 0.3) is 11.3 Å². The third-order valence-electron chi connectivity index (χ3n) is 4.87. The minimum Gasteiger partial charge on any atom is -0.497 e. The summed E-state index contributed by atoms with van der Waals surface area (Å²) in [6, 6.07) is 6.12. The maximum atomic E-state index is 12.4. The lowest BCUT2D eigenvalue weighted by molar-refractivity contribution is -0.115.